The first-order chi connectivity index (χ1) is 18.2. The van der Waals surface area contributed by atoms with Crippen molar-refractivity contribution in [1.29, 1.82) is 0 Å². The summed E-state index contributed by atoms with van der Waals surface area (Å²) in [5.41, 5.74) is 6.99. The standard InChI is InChI=1S/C28H32N6O2S2/c1-28(2,3)38(35,36)33-21-6-4-5-18(14-21)23-17-37-25-16-30-27(32-26(23)25)31-20-7-8-22-19(13-20)9-11-34-12-10-29-15-24(22)34/h4-8,13-14,16-17,24,29,33H,9-12,15H2,1-3H3,(H,30,31,32). The fourth-order valence-electron chi connectivity index (χ4n) is 5.09. The first-order valence-corrected chi connectivity index (χ1v) is 15.3. The Kier molecular flexibility index (Phi) is 6.38. The molecule has 0 bridgehead atoms. The molecule has 38 heavy (non-hydrogen) atoms. The maximum absolute atomic E-state index is 12.7. The number of thiophene rings is 1. The maximum Gasteiger partial charge on any atom is 0.237 e. The molecule has 0 radical (unpaired) electrons. The number of anilines is 3. The number of benzene rings is 2. The first kappa shape index (κ1) is 25.2. The Morgan fingerprint density at radius 2 is 1.97 bits per heavy atom. The molecule has 1 unspecified atom stereocenters. The molecule has 6 rings (SSSR count). The molecule has 3 N–H and O–H groups in total. The molecule has 198 valence electrons. The van der Waals surface area contributed by atoms with Crippen molar-refractivity contribution in [1.82, 2.24) is 20.2 Å². The van der Waals surface area contributed by atoms with E-state index >= 15 is 0 Å². The van der Waals surface area contributed by atoms with E-state index in [0.29, 0.717) is 17.7 Å². The highest BCUT2D eigenvalue weighted by Crippen LogP contribution is 2.36. The minimum atomic E-state index is -3.52. The van der Waals surface area contributed by atoms with Gasteiger partial charge in [0.1, 0.15) is 0 Å². The van der Waals surface area contributed by atoms with E-state index in [1.165, 1.54) is 11.1 Å². The molecule has 1 atom stereocenters. The molecule has 2 aliphatic heterocycles. The zero-order chi connectivity index (χ0) is 26.5. The summed E-state index contributed by atoms with van der Waals surface area (Å²) in [6.45, 7) is 9.30. The minimum Gasteiger partial charge on any atom is -0.324 e. The topological polar surface area (TPSA) is 99.2 Å². The lowest BCUT2D eigenvalue weighted by Crippen LogP contribution is -2.48. The van der Waals surface area contributed by atoms with E-state index in [0.717, 1.165) is 59.6 Å². The summed E-state index contributed by atoms with van der Waals surface area (Å²) in [5.74, 6) is 0.540. The van der Waals surface area contributed by atoms with Crippen molar-refractivity contribution in [3.63, 3.8) is 0 Å². The minimum absolute atomic E-state index is 0.450. The van der Waals surface area contributed by atoms with E-state index in [4.69, 9.17) is 4.98 Å². The van der Waals surface area contributed by atoms with Crippen molar-refractivity contribution in [2.75, 3.05) is 36.2 Å². The van der Waals surface area contributed by atoms with Gasteiger partial charge in [-0.25, -0.2) is 18.4 Å². The van der Waals surface area contributed by atoms with Gasteiger partial charge in [0.25, 0.3) is 0 Å². The second kappa shape index (κ2) is 9.60. The van der Waals surface area contributed by atoms with Crippen LogP contribution in [0.1, 0.15) is 37.9 Å². The SMILES string of the molecule is CC(C)(C)S(=O)(=O)Nc1cccc(-c2csc3cnc(Nc4ccc5c(c4)CCN4CCNCC54)nc23)c1. The smallest absolute Gasteiger partial charge is 0.237 e. The average Bonchev–Trinajstić information content (AvgIpc) is 3.31. The molecule has 4 aromatic rings. The molecule has 10 heteroatoms. The highest BCUT2D eigenvalue weighted by molar-refractivity contribution is 7.94. The second-order valence-electron chi connectivity index (χ2n) is 10.9. The Labute approximate surface area is 227 Å². The average molecular weight is 549 g/mol. The van der Waals surface area contributed by atoms with E-state index in [2.05, 4.69) is 43.4 Å². The van der Waals surface area contributed by atoms with Crippen LogP contribution in [0.4, 0.5) is 17.3 Å². The van der Waals surface area contributed by atoms with Crippen LogP contribution in [0, 0.1) is 0 Å². The lowest BCUT2D eigenvalue weighted by Gasteiger charge is -2.41. The monoisotopic (exact) mass is 548 g/mol. The summed E-state index contributed by atoms with van der Waals surface area (Å²) in [4.78, 5) is 12.0. The predicted octanol–water partition coefficient (Wildman–Crippen LogP) is 5.14. The quantitative estimate of drug-likeness (QED) is 0.317. The molecule has 2 aliphatic rings. The zero-order valence-corrected chi connectivity index (χ0v) is 23.4. The maximum atomic E-state index is 12.7. The van der Waals surface area contributed by atoms with Gasteiger partial charge in [-0.2, -0.15) is 0 Å². The van der Waals surface area contributed by atoms with Gasteiger partial charge in [-0.05, 0) is 68.1 Å². The van der Waals surface area contributed by atoms with Gasteiger partial charge >= 0.3 is 0 Å². The van der Waals surface area contributed by atoms with Gasteiger partial charge in [-0.3, -0.25) is 9.62 Å². The fourth-order valence-corrected chi connectivity index (χ4v) is 6.71. The van der Waals surface area contributed by atoms with Crippen molar-refractivity contribution < 1.29 is 8.42 Å². The molecule has 0 aliphatic carbocycles. The summed E-state index contributed by atoms with van der Waals surface area (Å²) < 4.78 is 28.1. The summed E-state index contributed by atoms with van der Waals surface area (Å²) >= 11 is 1.57. The van der Waals surface area contributed by atoms with Crippen LogP contribution in [0.3, 0.4) is 0 Å². The molecule has 2 aromatic heterocycles. The summed E-state index contributed by atoms with van der Waals surface area (Å²) in [5, 5.41) is 8.98. The third-order valence-electron chi connectivity index (χ3n) is 7.33. The Bertz CT molecular complexity index is 1610. The number of sulfonamides is 1. The van der Waals surface area contributed by atoms with Gasteiger partial charge in [-0.15, -0.1) is 11.3 Å². The van der Waals surface area contributed by atoms with Gasteiger partial charge < -0.3 is 10.6 Å². The van der Waals surface area contributed by atoms with Crippen LogP contribution in [0.5, 0.6) is 0 Å². The van der Waals surface area contributed by atoms with E-state index in [1.807, 2.05) is 29.8 Å². The normalized spacial score (nSPS) is 18.1. The van der Waals surface area contributed by atoms with Gasteiger partial charge in [0.05, 0.1) is 21.2 Å². The van der Waals surface area contributed by atoms with Crippen LogP contribution < -0.4 is 15.4 Å². The third-order valence-corrected chi connectivity index (χ3v) is 10.3. The summed E-state index contributed by atoms with van der Waals surface area (Å²) in [7, 11) is -3.52. The van der Waals surface area contributed by atoms with Crippen molar-refractivity contribution in [3.05, 3.63) is 65.2 Å². The molecule has 2 aromatic carbocycles. The van der Waals surface area contributed by atoms with Crippen molar-refractivity contribution in [3.8, 4) is 11.1 Å². The van der Waals surface area contributed by atoms with Gasteiger partial charge in [-0.1, -0.05) is 18.2 Å². The second-order valence-corrected chi connectivity index (χ2v) is 14.2. The number of nitrogens with zero attached hydrogens (tertiary/aromatic N) is 3. The number of hydrogen-bond acceptors (Lipinski definition) is 8. The summed E-state index contributed by atoms with van der Waals surface area (Å²) in [6.07, 6.45) is 2.89. The highest BCUT2D eigenvalue weighted by atomic mass is 32.2. The highest BCUT2D eigenvalue weighted by Gasteiger charge is 2.30. The molecular formula is C28H32N6O2S2. The van der Waals surface area contributed by atoms with E-state index in [1.54, 1.807) is 38.2 Å². The number of rotatable bonds is 5. The van der Waals surface area contributed by atoms with Gasteiger partial charge in [0.15, 0.2) is 0 Å². The molecule has 8 nitrogen and oxygen atoms in total. The van der Waals surface area contributed by atoms with E-state index in [-0.39, 0.29) is 0 Å². The Hall–Kier alpha value is -3.05. The van der Waals surface area contributed by atoms with Crippen molar-refractivity contribution in [2.45, 2.75) is 38.0 Å². The molecular weight excluding hydrogens is 516 g/mol. The van der Waals surface area contributed by atoms with Gasteiger partial charge in [0, 0.05) is 54.5 Å². The van der Waals surface area contributed by atoms with Crippen LogP contribution in [0.2, 0.25) is 0 Å². The molecule has 1 fully saturated rings. The summed E-state index contributed by atoms with van der Waals surface area (Å²) in [6, 6.07) is 14.5. The largest absolute Gasteiger partial charge is 0.324 e. The van der Waals surface area contributed by atoms with Crippen molar-refractivity contribution in [2.24, 2.45) is 0 Å². The fraction of sp³-hybridized carbons (Fsp3) is 0.357. The molecule has 0 spiro atoms. The lowest BCUT2D eigenvalue weighted by atomic mass is 9.91. The number of fused-ring (bicyclic) bond motifs is 4. The molecule has 0 amide bonds. The Morgan fingerprint density at radius 3 is 2.82 bits per heavy atom. The number of piperazine rings is 1. The zero-order valence-electron chi connectivity index (χ0n) is 21.8. The van der Waals surface area contributed by atoms with Crippen LogP contribution in [-0.4, -0.2) is 54.2 Å². The molecule has 0 saturated carbocycles. The number of nitrogens with one attached hydrogen (secondary N) is 3. The van der Waals surface area contributed by atoms with E-state index in [9.17, 15) is 8.42 Å². The Morgan fingerprint density at radius 1 is 1.11 bits per heavy atom. The van der Waals surface area contributed by atoms with Crippen molar-refractivity contribution >= 4 is 48.9 Å². The molecule has 4 heterocycles. The van der Waals surface area contributed by atoms with E-state index < -0.39 is 14.8 Å². The lowest BCUT2D eigenvalue weighted by molar-refractivity contribution is 0.152. The molecule has 1 saturated heterocycles. The van der Waals surface area contributed by atoms with Crippen LogP contribution >= 0.6 is 11.3 Å². The van der Waals surface area contributed by atoms with Crippen LogP contribution in [-0.2, 0) is 16.4 Å². The number of aromatic nitrogens is 2. The van der Waals surface area contributed by atoms with Crippen LogP contribution in [0.15, 0.2) is 54.0 Å². The van der Waals surface area contributed by atoms with Gasteiger partial charge in [0.2, 0.25) is 16.0 Å². The Balaban J connectivity index is 1.27. The number of hydrogen-bond donors (Lipinski definition) is 3. The van der Waals surface area contributed by atoms with Crippen LogP contribution in [0.25, 0.3) is 21.3 Å². The first-order valence-electron chi connectivity index (χ1n) is 12.9. The third kappa shape index (κ3) is 4.77. The predicted molar refractivity (Wildman–Crippen MR) is 156 cm³/mol.